The topological polar surface area (TPSA) is 46.3 Å². The maximum absolute atomic E-state index is 13.9. The van der Waals surface area contributed by atoms with Crippen LogP contribution in [0.5, 0.6) is 0 Å². The van der Waals surface area contributed by atoms with Crippen LogP contribution in [0.25, 0.3) is 22.6 Å². The van der Waals surface area contributed by atoms with Gasteiger partial charge in [-0.25, -0.2) is 13.2 Å². The summed E-state index contributed by atoms with van der Waals surface area (Å²) < 4.78 is 46.0. The Morgan fingerprint density at radius 3 is 2.32 bits per heavy atom. The highest BCUT2D eigenvalue weighted by Crippen LogP contribution is 2.35. The van der Waals surface area contributed by atoms with Crippen LogP contribution >= 0.6 is 0 Å². The monoisotopic (exact) mass is 305 g/mol. The molecule has 22 heavy (non-hydrogen) atoms. The van der Waals surface area contributed by atoms with Crippen LogP contribution in [0.4, 0.5) is 13.2 Å². The molecular weight excluding hydrogens is 295 g/mol. The van der Waals surface area contributed by atoms with Gasteiger partial charge in [0.25, 0.3) is 0 Å². The number of halogens is 3. The minimum Gasteiger partial charge on any atom is -0.391 e. The zero-order valence-electron chi connectivity index (χ0n) is 11.2. The summed E-state index contributed by atoms with van der Waals surface area (Å²) in [6.07, 6.45) is 0. The molecule has 0 spiro atoms. The van der Waals surface area contributed by atoms with Crippen molar-refractivity contribution in [3.8, 4) is 22.6 Å². The number of benzene rings is 2. The Kier molecular flexibility index (Phi) is 3.68. The fourth-order valence-electron chi connectivity index (χ4n) is 2.23. The van der Waals surface area contributed by atoms with Crippen molar-refractivity contribution in [2.24, 2.45) is 0 Å². The lowest BCUT2D eigenvalue weighted by molar-refractivity contribution is 0.281. The summed E-state index contributed by atoms with van der Waals surface area (Å²) in [5, 5.41) is 13.2. The molecule has 1 aromatic heterocycles. The van der Waals surface area contributed by atoms with Crippen LogP contribution < -0.4 is 0 Å². The van der Waals surface area contributed by atoms with Gasteiger partial charge in [0.15, 0.2) is 5.76 Å². The molecule has 0 aliphatic rings. The van der Waals surface area contributed by atoms with E-state index in [1.807, 2.05) is 0 Å². The smallest absolute Gasteiger partial charge is 0.178 e. The van der Waals surface area contributed by atoms with Gasteiger partial charge in [0.1, 0.15) is 23.1 Å². The SMILES string of the molecule is OCc1c(-c2cccc(F)c2)noc1-c1c(F)cccc1F. The summed E-state index contributed by atoms with van der Waals surface area (Å²) in [5.41, 5.74) is 0.159. The van der Waals surface area contributed by atoms with E-state index in [1.165, 1.54) is 24.3 Å². The number of hydrogen-bond donors (Lipinski definition) is 1. The average molecular weight is 305 g/mol. The molecule has 0 saturated heterocycles. The number of aromatic nitrogens is 1. The molecule has 0 fully saturated rings. The minimum absolute atomic E-state index is 0.0922. The third-order valence-electron chi connectivity index (χ3n) is 3.23. The molecule has 0 aliphatic carbocycles. The van der Waals surface area contributed by atoms with Gasteiger partial charge in [0.2, 0.25) is 0 Å². The molecule has 0 unspecified atom stereocenters. The molecular formula is C16H10F3NO2. The van der Waals surface area contributed by atoms with Crippen LogP contribution in [-0.4, -0.2) is 10.3 Å². The van der Waals surface area contributed by atoms with Gasteiger partial charge in [0, 0.05) is 5.56 Å². The van der Waals surface area contributed by atoms with Crippen molar-refractivity contribution in [2.75, 3.05) is 0 Å². The van der Waals surface area contributed by atoms with Crippen LogP contribution in [0.15, 0.2) is 47.0 Å². The summed E-state index contributed by atoms with van der Waals surface area (Å²) in [4.78, 5) is 0. The third-order valence-corrected chi connectivity index (χ3v) is 3.23. The summed E-state index contributed by atoms with van der Waals surface area (Å²) in [6.45, 7) is -0.557. The van der Waals surface area contributed by atoms with Crippen molar-refractivity contribution in [3.05, 3.63) is 65.5 Å². The molecule has 1 heterocycles. The van der Waals surface area contributed by atoms with Crippen LogP contribution in [0.2, 0.25) is 0 Å². The summed E-state index contributed by atoms with van der Waals surface area (Å²) in [5.74, 6) is -2.38. The molecule has 0 saturated carbocycles. The molecule has 0 aliphatic heterocycles. The lowest BCUT2D eigenvalue weighted by atomic mass is 10.0. The minimum atomic E-state index is -0.836. The Hall–Kier alpha value is -2.60. The van der Waals surface area contributed by atoms with Crippen molar-refractivity contribution < 1.29 is 22.8 Å². The number of nitrogens with zero attached hydrogens (tertiary/aromatic N) is 1. The molecule has 1 N–H and O–H groups in total. The molecule has 0 bridgehead atoms. The van der Waals surface area contributed by atoms with Crippen molar-refractivity contribution >= 4 is 0 Å². The maximum atomic E-state index is 13.9. The van der Waals surface area contributed by atoms with Crippen LogP contribution in [0, 0.1) is 17.5 Å². The Morgan fingerprint density at radius 2 is 1.68 bits per heavy atom. The molecule has 0 atom stereocenters. The van der Waals surface area contributed by atoms with Gasteiger partial charge in [-0.2, -0.15) is 0 Å². The highest BCUT2D eigenvalue weighted by Gasteiger charge is 2.23. The quantitative estimate of drug-likeness (QED) is 0.798. The van der Waals surface area contributed by atoms with E-state index in [1.54, 1.807) is 6.07 Å². The van der Waals surface area contributed by atoms with Crippen molar-refractivity contribution in [1.29, 1.82) is 0 Å². The lowest BCUT2D eigenvalue weighted by Gasteiger charge is -2.04. The maximum Gasteiger partial charge on any atom is 0.178 e. The zero-order valence-corrected chi connectivity index (χ0v) is 11.2. The Bertz CT molecular complexity index is 810. The molecule has 0 amide bonds. The van der Waals surface area contributed by atoms with E-state index < -0.39 is 29.6 Å². The summed E-state index contributed by atoms with van der Waals surface area (Å²) in [6, 6.07) is 8.83. The Labute approximate surface area is 123 Å². The van der Waals surface area contributed by atoms with Gasteiger partial charge in [0.05, 0.1) is 17.7 Å². The first-order valence-corrected chi connectivity index (χ1v) is 6.41. The highest BCUT2D eigenvalue weighted by molar-refractivity contribution is 5.73. The largest absolute Gasteiger partial charge is 0.391 e. The van der Waals surface area contributed by atoms with E-state index in [9.17, 15) is 18.3 Å². The van der Waals surface area contributed by atoms with E-state index in [4.69, 9.17) is 4.52 Å². The highest BCUT2D eigenvalue weighted by atomic mass is 19.1. The second-order valence-corrected chi connectivity index (χ2v) is 4.60. The Morgan fingerprint density at radius 1 is 1.00 bits per heavy atom. The van der Waals surface area contributed by atoms with E-state index in [0.29, 0.717) is 5.56 Å². The van der Waals surface area contributed by atoms with Crippen LogP contribution in [-0.2, 0) is 6.61 Å². The number of hydrogen-bond acceptors (Lipinski definition) is 3. The lowest BCUT2D eigenvalue weighted by Crippen LogP contribution is -1.94. The molecule has 112 valence electrons. The number of aliphatic hydroxyl groups is 1. The zero-order chi connectivity index (χ0) is 15.7. The Balaban J connectivity index is 2.20. The standard InChI is InChI=1S/C16H10F3NO2/c17-10-4-1-3-9(7-10)15-11(8-21)16(22-20-15)14-12(18)5-2-6-13(14)19/h1-7,21H,8H2. The van der Waals surface area contributed by atoms with E-state index >= 15 is 0 Å². The van der Waals surface area contributed by atoms with E-state index in [0.717, 1.165) is 12.1 Å². The molecule has 3 rings (SSSR count). The molecule has 3 nitrogen and oxygen atoms in total. The van der Waals surface area contributed by atoms with Gasteiger partial charge < -0.3 is 9.63 Å². The number of rotatable bonds is 3. The molecule has 6 heteroatoms. The first kappa shape index (κ1) is 14.3. The first-order valence-electron chi connectivity index (χ1n) is 6.41. The molecule has 3 aromatic rings. The van der Waals surface area contributed by atoms with Crippen molar-refractivity contribution in [1.82, 2.24) is 5.16 Å². The summed E-state index contributed by atoms with van der Waals surface area (Å²) >= 11 is 0. The molecule has 0 radical (unpaired) electrons. The fraction of sp³-hybridized carbons (Fsp3) is 0.0625. The van der Waals surface area contributed by atoms with E-state index in [2.05, 4.69) is 5.16 Å². The van der Waals surface area contributed by atoms with Gasteiger partial charge in [-0.1, -0.05) is 23.4 Å². The third kappa shape index (κ3) is 2.37. The van der Waals surface area contributed by atoms with Crippen LogP contribution in [0.1, 0.15) is 5.56 Å². The van der Waals surface area contributed by atoms with Crippen LogP contribution in [0.3, 0.4) is 0 Å². The van der Waals surface area contributed by atoms with Crippen molar-refractivity contribution in [2.45, 2.75) is 6.61 Å². The second kappa shape index (κ2) is 5.65. The van der Waals surface area contributed by atoms with E-state index in [-0.39, 0.29) is 17.0 Å². The number of aliphatic hydroxyl groups excluding tert-OH is 1. The van der Waals surface area contributed by atoms with Gasteiger partial charge in [-0.3, -0.25) is 0 Å². The predicted molar refractivity (Wildman–Crippen MR) is 73.2 cm³/mol. The first-order chi connectivity index (χ1) is 10.6. The molecule has 2 aromatic carbocycles. The summed E-state index contributed by atoms with van der Waals surface area (Å²) in [7, 11) is 0. The van der Waals surface area contributed by atoms with Crippen molar-refractivity contribution in [3.63, 3.8) is 0 Å². The second-order valence-electron chi connectivity index (χ2n) is 4.60. The fourth-order valence-corrected chi connectivity index (χ4v) is 2.23. The average Bonchev–Trinajstić information content (AvgIpc) is 2.90. The normalized spacial score (nSPS) is 10.9. The van der Waals surface area contributed by atoms with Gasteiger partial charge in [-0.15, -0.1) is 0 Å². The van der Waals surface area contributed by atoms with Gasteiger partial charge >= 0.3 is 0 Å². The van der Waals surface area contributed by atoms with Gasteiger partial charge in [-0.05, 0) is 24.3 Å². The predicted octanol–water partition coefficient (Wildman–Crippen LogP) is 3.92.